The van der Waals surface area contributed by atoms with E-state index < -0.39 is 5.97 Å². The third-order valence-electron chi connectivity index (χ3n) is 1.39. The second-order valence-corrected chi connectivity index (χ2v) is 3.63. The first kappa shape index (κ1) is 11.2. The van der Waals surface area contributed by atoms with Crippen LogP contribution in [0.2, 0.25) is 0 Å². The van der Waals surface area contributed by atoms with Gasteiger partial charge in [-0.15, -0.1) is 0 Å². The van der Waals surface area contributed by atoms with E-state index in [9.17, 15) is 4.79 Å². The largest absolute Gasteiger partial charge is 0.481 e. The maximum absolute atomic E-state index is 10.1. The van der Waals surface area contributed by atoms with Gasteiger partial charge in [0.2, 0.25) is 0 Å². The van der Waals surface area contributed by atoms with Gasteiger partial charge in [0.1, 0.15) is 0 Å². The van der Waals surface area contributed by atoms with Crippen LogP contribution in [0, 0.1) is 0 Å². The lowest BCUT2D eigenvalue weighted by atomic mass is 10.1. The van der Waals surface area contributed by atoms with Crippen molar-refractivity contribution in [1.82, 2.24) is 0 Å². The molecule has 2 nitrogen and oxygen atoms in total. The Morgan fingerprint density at radius 1 is 1.45 bits per heavy atom. The van der Waals surface area contributed by atoms with Crippen molar-refractivity contribution in [3.63, 3.8) is 0 Å². The number of rotatable bonds is 6. The van der Waals surface area contributed by atoms with Crippen LogP contribution in [0.4, 0.5) is 0 Å². The summed E-state index contributed by atoms with van der Waals surface area (Å²) in [5.74, 6) is 0.0951. The molecule has 0 aliphatic rings. The van der Waals surface area contributed by atoms with Crippen molar-refractivity contribution < 1.29 is 9.90 Å². The molecule has 0 saturated heterocycles. The van der Waals surface area contributed by atoms with E-state index in [4.69, 9.17) is 5.11 Å². The maximum atomic E-state index is 10.1. The predicted molar refractivity (Wildman–Crippen MR) is 52.7 cm³/mol. The molecule has 0 aliphatic heterocycles. The molecule has 0 rings (SSSR count). The minimum Gasteiger partial charge on any atom is -0.481 e. The molecule has 1 N–H and O–H groups in total. The highest BCUT2D eigenvalue weighted by molar-refractivity contribution is 7.81. The Hall–Kier alpha value is 0.170. The fourth-order valence-electron chi connectivity index (χ4n) is 0.782. The minimum absolute atomic E-state index is 0.254. The molecule has 0 heterocycles. The summed E-state index contributed by atoms with van der Waals surface area (Å²) < 4.78 is 0. The number of carboxylic acids is 1. The van der Waals surface area contributed by atoms with E-state index in [0.29, 0.717) is 5.25 Å². The SMILES string of the molecule is O=C(O)CCCC(S)CCS. The van der Waals surface area contributed by atoms with Crippen LogP contribution in [0.15, 0.2) is 0 Å². The van der Waals surface area contributed by atoms with Crippen LogP contribution in [0.3, 0.4) is 0 Å². The second-order valence-electron chi connectivity index (χ2n) is 2.45. The number of thiol groups is 2. The van der Waals surface area contributed by atoms with Crippen molar-refractivity contribution in [2.45, 2.75) is 30.9 Å². The summed E-state index contributed by atoms with van der Waals surface area (Å²) in [5, 5.41) is 8.63. The van der Waals surface area contributed by atoms with E-state index in [1.54, 1.807) is 0 Å². The number of hydrogen-bond acceptors (Lipinski definition) is 3. The first-order valence-electron chi connectivity index (χ1n) is 3.67. The molecule has 11 heavy (non-hydrogen) atoms. The van der Waals surface area contributed by atoms with Gasteiger partial charge in [-0.2, -0.15) is 25.3 Å². The first-order chi connectivity index (χ1) is 5.16. The summed E-state index contributed by atoms with van der Waals surface area (Å²) >= 11 is 8.33. The van der Waals surface area contributed by atoms with E-state index >= 15 is 0 Å². The smallest absolute Gasteiger partial charge is 0.303 e. The van der Waals surface area contributed by atoms with E-state index in [0.717, 1.165) is 25.0 Å². The van der Waals surface area contributed by atoms with Crippen molar-refractivity contribution >= 4 is 31.2 Å². The van der Waals surface area contributed by atoms with Gasteiger partial charge in [-0.3, -0.25) is 4.79 Å². The molecule has 0 saturated carbocycles. The highest BCUT2D eigenvalue weighted by Gasteiger charge is 2.03. The van der Waals surface area contributed by atoms with Gasteiger partial charge in [0.15, 0.2) is 0 Å². The number of hydrogen-bond donors (Lipinski definition) is 3. The molecule has 4 heteroatoms. The van der Waals surface area contributed by atoms with Crippen molar-refractivity contribution in [2.24, 2.45) is 0 Å². The zero-order valence-corrected chi connectivity index (χ0v) is 8.15. The Morgan fingerprint density at radius 3 is 2.55 bits per heavy atom. The molecule has 0 spiro atoms. The fraction of sp³-hybridized carbons (Fsp3) is 0.857. The summed E-state index contributed by atoms with van der Waals surface area (Å²) in [6.45, 7) is 0. The standard InChI is InChI=1S/C7H14O2S2/c8-7(9)3-1-2-6(11)4-5-10/h6,10-11H,1-5H2,(H,8,9). The van der Waals surface area contributed by atoms with Crippen molar-refractivity contribution in [3.05, 3.63) is 0 Å². The fourth-order valence-corrected chi connectivity index (χ4v) is 1.61. The van der Waals surface area contributed by atoms with Gasteiger partial charge < -0.3 is 5.11 Å². The highest BCUT2D eigenvalue weighted by atomic mass is 32.1. The Morgan fingerprint density at radius 2 is 2.09 bits per heavy atom. The van der Waals surface area contributed by atoms with E-state index in [1.807, 2.05) is 0 Å². The number of carbonyl (C=O) groups is 1. The molecule has 0 aromatic carbocycles. The molecule has 0 amide bonds. The van der Waals surface area contributed by atoms with Crippen LogP contribution >= 0.6 is 25.3 Å². The molecule has 66 valence electrons. The van der Waals surface area contributed by atoms with Gasteiger partial charge in [-0.05, 0) is 25.0 Å². The van der Waals surface area contributed by atoms with Crippen LogP contribution in [-0.4, -0.2) is 22.1 Å². The van der Waals surface area contributed by atoms with Gasteiger partial charge in [0, 0.05) is 11.7 Å². The molecule has 0 aliphatic carbocycles. The third kappa shape index (κ3) is 8.07. The van der Waals surface area contributed by atoms with Gasteiger partial charge in [-0.25, -0.2) is 0 Å². The lowest BCUT2D eigenvalue weighted by Crippen LogP contribution is -2.02. The molecular weight excluding hydrogens is 180 g/mol. The predicted octanol–water partition coefficient (Wildman–Crippen LogP) is 1.86. The molecule has 0 fully saturated rings. The Balaban J connectivity index is 3.16. The normalized spacial score (nSPS) is 12.9. The summed E-state index contributed by atoms with van der Waals surface area (Å²) in [6.07, 6.45) is 2.79. The van der Waals surface area contributed by atoms with E-state index in [2.05, 4.69) is 25.3 Å². The first-order valence-corrected chi connectivity index (χ1v) is 4.82. The zero-order chi connectivity index (χ0) is 8.69. The average molecular weight is 194 g/mol. The molecular formula is C7H14O2S2. The molecule has 0 radical (unpaired) electrons. The van der Waals surface area contributed by atoms with Crippen LogP contribution in [0.5, 0.6) is 0 Å². The topological polar surface area (TPSA) is 37.3 Å². The van der Waals surface area contributed by atoms with Crippen molar-refractivity contribution in [3.8, 4) is 0 Å². The van der Waals surface area contributed by atoms with E-state index in [-0.39, 0.29) is 6.42 Å². The van der Waals surface area contributed by atoms with E-state index in [1.165, 1.54) is 0 Å². The zero-order valence-electron chi connectivity index (χ0n) is 6.36. The Labute approximate surface area is 78.2 Å². The van der Waals surface area contributed by atoms with Gasteiger partial charge in [-0.1, -0.05) is 0 Å². The Kier molecular flexibility index (Phi) is 6.96. The van der Waals surface area contributed by atoms with Gasteiger partial charge in [0.05, 0.1) is 0 Å². The monoisotopic (exact) mass is 194 g/mol. The summed E-state index contributed by atoms with van der Waals surface area (Å²) in [6, 6.07) is 0. The van der Waals surface area contributed by atoms with Gasteiger partial charge in [0.25, 0.3) is 0 Å². The highest BCUT2D eigenvalue weighted by Crippen LogP contribution is 2.11. The summed E-state index contributed by atoms with van der Waals surface area (Å²) in [4.78, 5) is 10.1. The molecule has 1 unspecified atom stereocenters. The molecule has 0 aromatic rings. The third-order valence-corrected chi connectivity index (χ3v) is 2.16. The molecule has 0 bridgehead atoms. The van der Waals surface area contributed by atoms with Crippen molar-refractivity contribution in [1.29, 1.82) is 0 Å². The molecule has 1 atom stereocenters. The maximum Gasteiger partial charge on any atom is 0.303 e. The number of aliphatic carboxylic acids is 1. The van der Waals surface area contributed by atoms with Crippen LogP contribution in [0.25, 0.3) is 0 Å². The number of carboxylic acid groups (broad SMARTS) is 1. The van der Waals surface area contributed by atoms with Gasteiger partial charge >= 0.3 is 5.97 Å². The quantitative estimate of drug-likeness (QED) is 0.565. The average Bonchev–Trinajstić information content (AvgIpc) is 1.87. The Bertz CT molecular complexity index is 117. The second kappa shape index (κ2) is 6.85. The lowest BCUT2D eigenvalue weighted by Gasteiger charge is -2.06. The van der Waals surface area contributed by atoms with Crippen LogP contribution < -0.4 is 0 Å². The van der Waals surface area contributed by atoms with Crippen LogP contribution in [0.1, 0.15) is 25.7 Å². The molecule has 0 aromatic heterocycles. The summed E-state index contributed by atoms with van der Waals surface area (Å²) in [5.41, 5.74) is 0. The summed E-state index contributed by atoms with van der Waals surface area (Å²) in [7, 11) is 0. The minimum atomic E-state index is -0.726. The lowest BCUT2D eigenvalue weighted by molar-refractivity contribution is -0.137. The van der Waals surface area contributed by atoms with Crippen molar-refractivity contribution in [2.75, 3.05) is 5.75 Å². The van der Waals surface area contributed by atoms with Crippen LogP contribution in [-0.2, 0) is 4.79 Å².